The van der Waals surface area contributed by atoms with Crippen LogP contribution >= 0.6 is 15.9 Å². The number of rotatable bonds is 5. The number of carbonyl (C=O) groups excluding carboxylic acids is 1. The van der Waals surface area contributed by atoms with Crippen molar-refractivity contribution in [1.29, 1.82) is 0 Å². The third-order valence-corrected chi connectivity index (χ3v) is 2.39. The molecule has 0 rings (SSSR count). The Balaban J connectivity index is 3.86. The van der Waals surface area contributed by atoms with Crippen molar-refractivity contribution in [3.63, 3.8) is 0 Å². The normalized spacial score (nSPS) is 14.9. The molecule has 0 N–H and O–H groups in total. The SMILES string of the molecule is C=CCCCC(C)(Br)C(=O)OC. The van der Waals surface area contributed by atoms with E-state index in [4.69, 9.17) is 0 Å². The number of carbonyl (C=O) groups is 1. The first-order valence-corrected chi connectivity index (χ1v) is 4.72. The molecule has 1 unspecified atom stereocenters. The lowest BCUT2D eigenvalue weighted by Gasteiger charge is -2.18. The van der Waals surface area contributed by atoms with Crippen LogP contribution in [-0.2, 0) is 9.53 Å². The van der Waals surface area contributed by atoms with Gasteiger partial charge >= 0.3 is 5.97 Å². The molecule has 2 nitrogen and oxygen atoms in total. The molecule has 0 saturated heterocycles. The van der Waals surface area contributed by atoms with Gasteiger partial charge in [0.1, 0.15) is 4.32 Å². The van der Waals surface area contributed by atoms with Gasteiger partial charge in [-0.2, -0.15) is 0 Å². The van der Waals surface area contributed by atoms with E-state index in [1.54, 1.807) is 0 Å². The van der Waals surface area contributed by atoms with Crippen LogP contribution in [0.15, 0.2) is 12.7 Å². The first kappa shape index (κ1) is 11.7. The van der Waals surface area contributed by atoms with Crippen LogP contribution in [0.2, 0.25) is 0 Å². The van der Waals surface area contributed by atoms with E-state index in [0.717, 1.165) is 19.3 Å². The smallest absolute Gasteiger partial charge is 0.322 e. The maximum absolute atomic E-state index is 11.1. The Kier molecular flexibility index (Phi) is 5.22. The van der Waals surface area contributed by atoms with Crippen LogP contribution in [0.25, 0.3) is 0 Å². The topological polar surface area (TPSA) is 26.3 Å². The van der Waals surface area contributed by atoms with Crippen LogP contribution in [-0.4, -0.2) is 17.4 Å². The number of hydrogen-bond donors (Lipinski definition) is 0. The minimum absolute atomic E-state index is 0.216. The summed E-state index contributed by atoms with van der Waals surface area (Å²) in [6.45, 7) is 5.44. The molecule has 0 aliphatic rings. The van der Waals surface area contributed by atoms with E-state index in [1.807, 2.05) is 13.0 Å². The van der Waals surface area contributed by atoms with E-state index >= 15 is 0 Å². The minimum atomic E-state index is -0.537. The van der Waals surface area contributed by atoms with Crippen LogP contribution in [0.1, 0.15) is 26.2 Å². The summed E-state index contributed by atoms with van der Waals surface area (Å²) >= 11 is 3.33. The Hall–Kier alpha value is -0.310. The molecule has 0 amide bonds. The maximum Gasteiger partial charge on any atom is 0.322 e. The van der Waals surface area contributed by atoms with E-state index in [-0.39, 0.29) is 5.97 Å². The second kappa shape index (κ2) is 5.36. The summed E-state index contributed by atoms with van der Waals surface area (Å²) in [7, 11) is 1.40. The van der Waals surface area contributed by atoms with Gasteiger partial charge in [0.05, 0.1) is 7.11 Å². The molecule has 12 heavy (non-hydrogen) atoms. The fourth-order valence-corrected chi connectivity index (χ4v) is 1.34. The van der Waals surface area contributed by atoms with Gasteiger partial charge in [0.2, 0.25) is 0 Å². The number of unbranched alkanes of at least 4 members (excludes halogenated alkanes) is 1. The van der Waals surface area contributed by atoms with Crippen LogP contribution in [0.4, 0.5) is 0 Å². The van der Waals surface area contributed by atoms with Crippen LogP contribution in [0, 0.1) is 0 Å². The summed E-state index contributed by atoms with van der Waals surface area (Å²) in [5.74, 6) is -0.216. The fourth-order valence-electron chi connectivity index (χ4n) is 0.893. The molecule has 0 aromatic heterocycles. The van der Waals surface area contributed by atoms with Crippen LogP contribution in [0.5, 0.6) is 0 Å². The number of ether oxygens (including phenoxy) is 1. The van der Waals surface area contributed by atoms with Crippen molar-refractivity contribution in [3.8, 4) is 0 Å². The van der Waals surface area contributed by atoms with Gasteiger partial charge in [0.25, 0.3) is 0 Å². The molecule has 3 heteroatoms. The summed E-state index contributed by atoms with van der Waals surface area (Å²) in [5, 5.41) is 0. The Labute approximate surface area is 82.1 Å². The average molecular weight is 235 g/mol. The lowest BCUT2D eigenvalue weighted by molar-refractivity contribution is -0.143. The summed E-state index contributed by atoms with van der Waals surface area (Å²) in [4.78, 5) is 11.1. The average Bonchev–Trinajstić information content (AvgIpc) is 2.03. The van der Waals surface area contributed by atoms with Crippen molar-refractivity contribution in [2.45, 2.75) is 30.5 Å². The van der Waals surface area contributed by atoms with Crippen molar-refractivity contribution in [2.24, 2.45) is 0 Å². The van der Waals surface area contributed by atoms with E-state index < -0.39 is 4.32 Å². The number of esters is 1. The molecule has 0 radical (unpaired) electrons. The van der Waals surface area contributed by atoms with E-state index in [0.29, 0.717) is 0 Å². The predicted octanol–water partition coefficient (Wildman–Crippen LogP) is 2.67. The quantitative estimate of drug-likeness (QED) is 0.317. The molecule has 0 aliphatic heterocycles. The molecule has 70 valence electrons. The highest BCUT2D eigenvalue weighted by atomic mass is 79.9. The molecule has 1 atom stereocenters. The van der Waals surface area contributed by atoms with Crippen molar-refractivity contribution in [3.05, 3.63) is 12.7 Å². The standard InChI is InChI=1S/C9H15BrO2/c1-4-5-6-7-9(2,10)8(11)12-3/h4H,1,5-7H2,2-3H3. The van der Waals surface area contributed by atoms with E-state index in [2.05, 4.69) is 27.2 Å². The number of methoxy groups -OCH3 is 1. The van der Waals surface area contributed by atoms with Gasteiger partial charge in [-0.25, -0.2) is 0 Å². The van der Waals surface area contributed by atoms with Gasteiger partial charge in [-0.15, -0.1) is 6.58 Å². The fraction of sp³-hybridized carbons (Fsp3) is 0.667. The zero-order valence-corrected chi connectivity index (χ0v) is 9.19. The van der Waals surface area contributed by atoms with Gasteiger partial charge in [-0.3, -0.25) is 4.79 Å². The van der Waals surface area contributed by atoms with E-state index in [1.165, 1.54) is 7.11 Å². The molecule has 0 fully saturated rings. The number of alkyl halides is 1. The molecule has 0 aromatic rings. The molecule has 0 saturated carbocycles. The highest BCUT2D eigenvalue weighted by Crippen LogP contribution is 2.25. The third kappa shape index (κ3) is 3.90. The monoisotopic (exact) mass is 234 g/mol. The highest BCUT2D eigenvalue weighted by molar-refractivity contribution is 9.10. The molecular formula is C9H15BrO2. The van der Waals surface area contributed by atoms with Gasteiger partial charge < -0.3 is 4.74 Å². The zero-order chi connectivity index (χ0) is 9.61. The Bertz CT molecular complexity index is 164. The number of hydrogen-bond acceptors (Lipinski definition) is 2. The second-order valence-corrected chi connectivity index (χ2v) is 4.62. The highest BCUT2D eigenvalue weighted by Gasteiger charge is 2.29. The van der Waals surface area contributed by atoms with Gasteiger partial charge in [0.15, 0.2) is 0 Å². The molecule has 0 spiro atoms. The lowest BCUT2D eigenvalue weighted by atomic mass is 10.0. The first-order chi connectivity index (χ1) is 5.54. The second-order valence-electron chi connectivity index (χ2n) is 2.87. The molecular weight excluding hydrogens is 220 g/mol. The summed E-state index contributed by atoms with van der Waals surface area (Å²) in [6, 6.07) is 0. The Morgan fingerprint density at radius 2 is 2.33 bits per heavy atom. The lowest BCUT2D eigenvalue weighted by Crippen LogP contribution is -2.29. The molecule has 0 aromatic carbocycles. The minimum Gasteiger partial charge on any atom is -0.468 e. The Morgan fingerprint density at radius 1 is 1.75 bits per heavy atom. The van der Waals surface area contributed by atoms with Crippen molar-refractivity contribution < 1.29 is 9.53 Å². The van der Waals surface area contributed by atoms with E-state index in [9.17, 15) is 4.79 Å². The maximum atomic E-state index is 11.1. The van der Waals surface area contributed by atoms with Crippen molar-refractivity contribution in [1.82, 2.24) is 0 Å². The zero-order valence-electron chi connectivity index (χ0n) is 7.60. The van der Waals surface area contributed by atoms with Crippen LogP contribution < -0.4 is 0 Å². The molecule has 0 heterocycles. The number of halogens is 1. The first-order valence-electron chi connectivity index (χ1n) is 3.93. The summed E-state index contributed by atoms with van der Waals surface area (Å²) in [6.07, 6.45) is 4.49. The third-order valence-electron chi connectivity index (χ3n) is 1.67. The van der Waals surface area contributed by atoms with Gasteiger partial charge in [-0.05, 0) is 26.2 Å². The molecule has 0 aliphatic carbocycles. The number of allylic oxidation sites excluding steroid dienone is 1. The predicted molar refractivity (Wildman–Crippen MR) is 53.4 cm³/mol. The van der Waals surface area contributed by atoms with Gasteiger partial charge in [-0.1, -0.05) is 22.0 Å². The van der Waals surface area contributed by atoms with Crippen molar-refractivity contribution >= 4 is 21.9 Å². The summed E-state index contributed by atoms with van der Waals surface area (Å²) < 4.78 is 4.10. The molecule has 0 bridgehead atoms. The van der Waals surface area contributed by atoms with Crippen LogP contribution in [0.3, 0.4) is 0 Å². The largest absolute Gasteiger partial charge is 0.468 e. The van der Waals surface area contributed by atoms with Gasteiger partial charge in [0, 0.05) is 0 Å². The van der Waals surface area contributed by atoms with Crippen molar-refractivity contribution in [2.75, 3.05) is 7.11 Å². The Morgan fingerprint density at radius 3 is 2.75 bits per heavy atom. The summed E-state index contributed by atoms with van der Waals surface area (Å²) in [5.41, 5.74) is 0.